The highest BCUT2D eigenvalue weighted by molar-refractivity contribution is 6.30. The zero-order chi connectivity index (χ0) is 17.5. The molecule has 0 N–H and O–H groups in total. The highest BCUT2D eigenvalue weighted by Gasteiger charge is 2.12. The van der Waals surface area contributed by atoms with Crippen LogP contribution in [0.25, 0.3) is 0 Å². The molecule has 0 aliphatic carbocycles. The minimum Gasteiger partial charge on any atom is -0.497 e. The summed E-state index contributed by atoms with van der Waals surface area (Å²) in [7, 11) is 5.04. The van der Waals surface area contributed by atoms with Crippen LogP contribution in [0.5, 0.6) is 11.5 Å². The van der Waals surface area contributed by atoms with Crippen LogP contribution in [-0.2, 0) is 17.8 Å². The van der Waals surface area contributed by atoms with Crippen molar-refractivity contribution in [3.63, 3.8) is 0 Å². The molecule has 5 heteroatoms. The smallest absolute Gasteiger partial charge is 0.222 e. The molecule has 2 aromatic rings. The molecule has 128 valence electrons. The molecule has 0 saturated carbocycles. The van der Waals surface area contributed by atoms with E-state index in [2.05, 4.69) is 0 Å². The summed E-state index contributed by atoms with van der Waals surface area (Å²) in [6.45, 7) is 0.536. The third-order valence-electron chi connectivity index (χ3n) is 3.83. The Balaban J connectivity index is 1.97. The second kappa shape index (κ2) is 8.60. The molecule has 0 radical (unpaired) electrons. The van der Waals surface area contributed by atoms with Gasteiger partial charge in [0.25, 0.3) is 0 Å². The van der Waals surface area contributed by atoms with E-state index in [1.54, 1.807) is 26.2 Å². The highest BCUT2D eigenvalue weighted by atomic mass is 35.5. The van der Waals surface area contributed by atoms with E-state index in [0.29, 0.717) is 24.4 Å². The number of halogens is 1. The van der Waals surface area contributed by atoms with Gasteiger partial charge in [0.05, 0.1) is 14.2 Å². The van der Waals surface area contributed by atoms with E-state index >= 15 is 0 Å². The Morgan fingerprint density at radius 2 is 1.92 bits per heavy atom. The predicted octanol–water partition coefficient (Wildman–Crippen LogP) is 3.95. The fourth-order valence-electron chi connectivity index (χ4n) is 2.51. The van der Waals surface area contributed by atoms with Crippen molar-refractivity contribution in [1.29, 1.82) is 0 Å². The summed E-state index contributed by atoms with van der Waals surface area (Å²) < 4.78 is 10.6. The fraction of sp³-hybridized carbons (Fsp3) is 0.316. The molecule has 4 nitrogen and oxygen atoms in total. The van der Waals surface area contributed by atoms with E-state index in [1.807, 2.05) is 42.5 Å². The number of nitrogens with zero attached hydrogens (tertiary/aromatic N) is 1. The Labute approximate surface area is 147 Å². The standard InChI is InChI=1S/C19H22ClNO3/c1-21(13-14-5-4-6-16(20)11-14)19(22)10-7-15-12-17(23-2)8-9-18(15)24-3/h4-6,8-9,11-12H,7,10,13H2,1-3H3. The number of amides is 1. The summed E-state index contributed by atoms with van der Waals surface area (Å²) in [4.78, 5) is 14.1. The maximum Gasteiger partial charge on any atom is 0.222 e. The molecule has 2 aromatic carbocycles. The van der Waals surface area contributed by atoms with Crippen LogP contribution in [-0.4, -0.2) is 32.1 Å². The molecule has 0 aliphatic rings. The molecular weight excluding hydrogens is 326 g/mol. The van der Waals surface area contributed by atoms with Crippen LogP contribution >= 0.6 is 11.6 Å². The third kappa shape index (κ3) is 4.90. The lowest BCUT2D eigenvalue weighted by molar-refractivity contribution is -0.130. The van der Waals surface area contributed by atoms with E-state index in [-0.39, 0.29) is 5.91 Å². The zero-order valence-electron chi connectivity index (χ0n) is 14.2. The Morgan fingerprint density at radius 3 is 2.58 bits per heavy atom. The predicted molar refractivity (Wildman–Crippen MR) is 95.8 cm³/mol. The van der Waals surface area contributed by atoms with E-state index in [9.17, 15) is 4.79 Å². The van der Waals surface area contributed by atoms with Gasteiger partial charge >= 0.3 is 0 Å². The van der Waals surface area contributed by atoms with Crippen LogP contribution in [0.3, 0.4) is 0 Å². The van der Waals surface area contributed by atoms with E-state index in [1.165, 1.54) is 0 Å². The number of hydrogen-bond acceptors (Lipinski definition) is 3. The van der Waals surface area contributed by atoms with Gasteiger partial charge in [-0.3, -0.25) is 4.79 Å². The molecule has 0 unspecified atom stereocenters. The van der Waals surface area contributed by atoms with Crippen molar-refractivity contribution in [3.05, 3.63) is 58.6 Å². The first-order valence-corrected chi connectivity index (χ1v) is 8.10. The first kappa shape index (κ1) is 18.1. The molecule has 0 heterocycles. The van der Waals surface area contributed by atoms with Crippen molar-refractivity contribution in [2.45, 2.75) is 19.4 Å². The lowest BCUT2D eigenvalue weighted by Gasteiger charge is -2.18. The summed E-state index contributed by atoms with van der Waals surface area (Å²) in [5, 5.41) is 0.675. The van der Waals surface area contributed by atoms with Crippen molar-refractivity contribution in [2.75, 3.05) is 21.3 Å². The molecule has 1 amide bonds. The summed E-state index contributed by atoms with van der Waals surface area (Å²) in [5.41, 5.74) is 1.97. The van der Waals surface area contributed by atoms with Crippen LogP contribution in [0.1, 0.15) is 17.5 Å². The van der Waals surface area contributed by atoms with Crippen LogP contribution in [0.4, 0.5) is 0 Å². The number of aryl methyl sites for hydroxylation is 1. The molecular formula is C19H22ClNO3. The number of ether oxygens (including phenoxy) is 2. The second-order valence-corrected chi connectivity index (χ2v) is 5.99. The third-order valence-corrected chi connectivity index (χ3v) is 4.07. The number of carbonyl (C=O) groups excluding carboxylic acids is 1. The van der Waals surface area contributed by atoms with Gasteiger partial charge in [-0.15, -0.1) is 0 Å². The lowest BCUT2D eigenvalue weighted by Crippen LogP contribution is -2.26. The Morgan fingerprint density at radius 1 is 1.12 bits per heavy atom. The lowest BCUT2D eigenvalue weighted by atomic mass is 10.1. The zero-order valence-corrected chi connectivity index (χ0v) is 15.0. The summed E-state index contributed by atoms with van der Waals surface area (Å²) in [6, 6.07) is 13.1. The Kier molecular flexibility index (Phi) is 6.50. The van der Waals surface area contributed by atoms with Crippen molar-refractivity contribution < 1.29 is 14.3 Å². The van der Waals surface area contributed by atoms with Crippen LogP contribution in [0.15, 0.2) is 42.5 Å². The minimum absolute atomic E-state index is 0.0693. The van der Waals surface area contributed by atoms with Gasteiger partial charge in [-0.1, -0.05) is 23.7 Å². The van der Waals surface area contributed by atoms with Gasteiger partial charge in [0.1, 0.15) is 11.5 Å². The number of hydrogen-bond donors (Lipinski definition) is 0. The van der Waals surface area contributed by atoms with Gasteiger partial charge in [0.2, 0.25) is 5.91 Å². The molecule has 0 fully saturated rings. The fourth-order valence-corrected chi connectivity index (χ4v) is 2.72. The van der Waals surface area contributed by atoms with Gasteiger partial charge in [0, 0.05) is 25.0 Å². The van der Waals surface area contributed by atoms with E-state index < -0.39 is 0 Å². The van der Waals surface area contributed by atoms with Crippen LogP contribution in [0.2, 0.25) is 5.02 Å². The molecule has 2 rings (SSSR count). The van der Waals surface area contributed by atoms with Crippen LogP contribution in [0, 0.1) is 0 Å². The maximum atomic E-state index is 12.4. The molecule has 24 heavy (non-hydrogen) atoms. The van der Waals surface area contributed by atoms with Crippen molar-refractivity contribution in [1.82, 2.24) is 4.90 Å². The number of carbonyl (C=O) groups is 1. The number of methoxy groups -OCH3 is 2. The molecule has 0 aliphatic heterocycles. The number of benzene rings is 2. The maximum absolute atomic E-state index is 12.4. The normalized spacial score (nSPS) is 10.3. The van der Waals surface area contributed by atoms with Gasteiger partial charge < -0.3 is 14.4 Å². The quantitative estimate of drug-likeness (QED) is 0.761. The van der Waals surface area contributed by atoms with Gasteiger partial charge in [-0.2, -0.15) is 0 Å². The first-order chi connectivity index (χ1) is 11.5. The first-order valence-electron chi connectivity index (χ1n) is 7.72. The van der Waals surface area contributed by atoms with E-state index in [4.69, 9.17) is 21.1 Å². The van der Waals surface area contributed by atoms with Gasteiger partial charge in [0.15, 0.2) is 0 Å². The SMILES string of the molecule is COc1ccc(OC)c(CCC(=O)N(C)Cc2cccc(Cl)c2)c1. The largest absolute Gasteiger partial charge is 0.497 e. The van der Waals surface area contributed by atoms with Crippen LogP contribution < -0.4 is 9.47 Å². The minimum atomic E-state index is 0.0693. The Bertz CT molecular complexity index is 703. The van der Waals surface area contributed by atoms with E-state index in [0.717, 1.165) is 22.6 Å². The summed E-state index contributed by atoms with van der Waals surface area (Å²) in [5.74, 6) is 1.59. The average Bonchev–Trinajstić information content (AvgIpc) is 2.59. The van der Waals surface area contributed by atoms with Gasteiger partial charge in [-0.25, -0.2) is 0 Å². The van der Waals surface area contributed by atoms with Crippen molar-refractivity contribution in [3.8, 4) is 11.5 Å². The second-order valence-electron chi connectivity index (χ2n) is 5.56. The molecule has 0 spiro atoms. The Hall–Kier alpha value is -2.20. The highest BCUT2D eigenvalue weighted by Crippen LogP contribution is 2.25. The molecule has 0 saturated heterocycles. The van der Waals surface area contributed by atoms with Crippen molar-refractivity contribution >= 4 is 17.5 Å². The number of rotatable bonds is 7. The molecule has 0 bridgehead atoms. The molecule has 0 atom stereocenters. The summed E-state index contributed by atoms with van der Waals surface area (Å²) in [6.07, 6.45) is 1.000. The van der Waals surface area contributed by atoms with Gasteiger partial charge in [-0.05, 0) is 47.9 Å². The topological polar surface area (TPSA) is 38.8 Å². The monoisotopic (exact) mass is 347 g/mol. The summed E-state index contributed by atoms with van der Waals surface area (Å²) >= 11 is 5.98. The average molecular weight is 348 g/mol. The molecule has 0 aromatic heterocycles. The van der Waals surface area contributed by atoms with Crippen molar-refractivity contribution in [2.24, 2.45) is 0 Å².